The Kier molecular flexibility index (Phi) is 6.58. The number of carbonyl (C=O) groups excluding carboxylic acids is 1. The Morgan fingerprint density at radius 2 is 2.11 bits per heavy atom. The highest BCUT2D eigenvalue weighted by Gasteiger charge is 2.04. The lowest BCUT2D eigenvalue weighted by molar-refractivity contribution is 0.0948. The highest BCUT2D eigenvalue weighted by atomic mass is 16.5. The molecule has 1 rings (SSSR count). The van der Waals surface area contributed by atoms with Gasteiger partial charge >= 0.3 is 0 Å². The average Bonchev–Trinajstić information content (AvgIpc) is 2.41. The van der Waals surface area contributed by atoms with Crippen molar-refractivity contribution in [3.8, 4) is 5.75 Å². The molecule has 0 unspecified atom stereocenters. The Labute approximate surface area is 108 Å². The number of ether oxygens (including phenoxy) is 2. The number of benzene rings is 1. The summed E-state index contributed by atoms with van der Waals surface area (Å²) in [5, 5.41) is 2.82. The molecule has 0 heterocycles. The Balaban J connectivity index is 2.41. The van der Waals surface area contributed by atoms with Crippen molar-refractivity contribution in [2.45, 2.75) is 6.42 Å². The predicted octanol–water partition coefficient (Wildman–Crippen LogP) is 2.02. The van der Waals surface area contributed by atoms with Gasteiger partial charge in [0.25, 0.3) is 5.91 Å². The van der Waals surface area contributed by atoms with E-state index in [1.165, 1.54) is 0 Å². The van der Waals surface area contributed by atoms with Crippen LogP contribution in [0.15, 0.2) is 36.9 Å². The lowest BCUT2D eigenvalue weighted by Crippen LogP contribution is -2.25. The third-order valence-electron chi connectivity index (χ3n) is 2.30. The van der Waals surface area contributed by atoms with E-state index in [0.29, 0.717) is 25.3 Å². The van der Waals surface area contributed by atoms with Crippen LogP contribution in [0.4, 0.5) is 0 Å². The van der Waals surface area contributed by atoms with E-state index in [-0.39, 0.29) is 5.91 Å². The Hall–Kier alpha value is -1.81. The summed E-state index contributed by atoms with van der Waals surface area (Å²) in [6, 6.07) is 7.02. The van der Waals surface area contributed by atoms with E-state index in [4.69, 9.17) is 9.47 Å². The molecule has 0 aliphatic carbocycles. The van der Waals surface area contributed by atoms with Crippen LogP contribution in [-0.2, 0) is 4.74 Å². The molecule has 0 aliphatic rings. The molecule has 4 heteroatoms. The van der Waals surface area contributed by atoms with Gasteiger partial charge in [0.05, 0.1) is 0 Å². The van der Waals surface area contributed by atoms with Crippen molar-refractivity contribution in [2.24, 2.45) is 0 Å². The molecule has 0 bridgehead atoms. The van der Waals surface area contributed by atoms with Gasteiger partial charge in [-0.3, -0.25) is 4.79 Å². The second-order valence-electron chi connectivity index (χ2n) is 3.73. The quantitative estimate of drug-likeness (QED) is 0.566. The molecule has 98 valence electrons. The van der Waals surface area contributed by atoms with Gasteiger partial charge in [-0.15, -0.1) is 0 Å². The van der Waals surface area contributed by atoms with Crippen molar-refractivity contribution in [3.63, 3.8) is 0 Å². The second kappa shape index (κ2) is 8.31. The van der Waals surface area contributed by atoms with Crippen LogP contribution in [0.2, 0.25) is 0 Å². The molecule has 0 radical (unpaired) electrons. The minimum Gasteiger partial charge on any atom is -0.490 e. The van der Waals surface area contributed by atoms with Crippen LogP contribution in [0, 0.1) is 0 Å². The molecule has 0 saturated carbocycles. The molecule has 1 N–H and O–H groups in total. The molecule has 0 atom stereocenters. The minimum atomic E-state index is -0.0821. The van der Waals surface area contributed by atoms with E-state index in [1.807, 2.05) is 0 Å². The van der Waals surface area contributed by atoms with E-state index in [9.17, 15) is 4.79 Å². The first-order valence-corrected chi connectivity index (χ1v) is 5.89. The van der Waals surface area contributed by atoms with Gasteiger partial charge in [0.1, 0.15) is 12.4 Å². The largest absolute Gasteiger partial charge is 0.490 e. The zero-order chi connectivity index (χ0) is 13.2. The van der Waals surface area contributed by atoms with E-state index in [1.54, 1.807) is 37.5 Å². The topological polar surface area (TPSA) is 47.6 Å². The smallest absolute Gasteiger partial charge is 0.251 e. The number of carbonyl (C=O) groups is 1. The molecule has 1 aromatic carbocycles. The summed E-state index contributed by atoms with van der Waals surface area (Å²) in [5.41, 5.74) is 0.623. The van der Waals surface area contributed by atoms with E-state index >= 15 is 0 Å². The fourth-order valence-electron chi connectivity index (χ4n) is 1.38. The maximum absolute atomic E-state index is 11.7. The molecular weight excluding hydrogens is 230 g/mol. The lowest BCUT2D eigenvalue weighted by atomic mass is 10.2. The number of hydrogen-bond acceptors (Lipinski definition) is 3. The molecule has 0 aromatic heterocycles. The van der Waals surface area contributed by atoms with Crippen LogP contribution in [0.3, 0.4) is 0 Å². The first kappa shape index (κ1) is 14.3. The number of nitrogens with one attached hydrogen (secondary N) is 1. The van der Waals surface area contributed by atoms with Crippen LogP contribution >= 0.6 is 0 Å². The van der Waals surface area contributed by atoms with Crippen molar-refractivity contribution >= 4 is 5.91 Å². The fourth-order valence-corrected chi connectivity index (χ4v) is 1.38. The SMILES string of the molecule is C=CCOc1ccc(C(=O)NCCCOC)cc1. The highest BCUT2D eigenvalue weighted by Crippen LogP contribution is 2.12. The molecule has 1 amide bonds. The number of hydrogen-bond donors (Lipinski definition) is 1. The summed E-state index contributed by atoms with van der Waals surface area (Å²) in [7, 11) is 1.64. The standard InChI is InChI=1S/C14H19NO3/c1-3-10-18-13-7-5-12(6-8-13)14(16)15-9-4-11-17-2/h3,5-8H,1,4,9-11H2,2H3,(H,15,16). The number of rotatable bonds is 8. The third kappa shape index (κ3) is 5.01. The average molecular weight is 249 g/mol. The zero-order valence-electron chi connectivity index (χ0n) is 10.6. The summed E-state index contributed by atoms with van der Waals surface area (Å²) >= 11 is 0. The number of methoxy groups -OCH3 is 1. The molecule has 0 saturated heterocycles. The Morgan fingerprint density at radius 1 is 1.39 bits per heavy atom. The van der Waals surface area contributed by atoms with Gasteiger partial charge in [0, 0.05) is 25.8 Å². The van der Waals surface area contributed by atoms with E-state index in [2.05, 4.69) is 11.9 Å². The molecule has 4 nitrogen and oxygen atoms in total. The van der Waals surface area contributed by atoms with Crippen molar-refractivity contribution in [1.29, 1.82) is 0 Å². The molecule has 0 fully saturated rings. The molecule has 0 aliphatic heterocycles. The third-order valence-corrected chi connectivity index (χ3v) is 2.30. The van der Waals surface area contributed by atoms with Crippen LogP contribution in [0.5, 0.6) is 5.75 Å². The molecule has 1 aromatic rings. The maximum atomic E-state index is 11.7. The van der Waals surface area contributed by atoms with Gasteiger partial charge < -0.3 is 14.8 Å². The minimum absolute atomic E-state index is 0.0821. The summed E-state index contributed by atoms with van der Waals surface area (Å²) < 4.78 is 10.2. The van der Waals surface area contributed by atoms with Gasteiger partial charge in [-0.05, 0) is 30.7 Å². The van der Waals surface area contributed by atoms with Crippen LogP contribution < -0.4 is 10.1 Å². The first-order chi connectivity index (χ1) is 8.77. The second-order valence-corrected chi connectivity index (χ2v) is 3.73. The molecular formula is C14H19NO3. The monoisotopic (exact) mass is 249 g/mol. The van der Waals surface area contributed by atoms with Gasteiger partial charge in [-0.25, -0.2) is 0 Å². The van der Waals surface area contributed by atoms with Crippen LogP contribution in [0.25, 0.3) is 0 Å². The summed E-state index contributed by atoms with van der Waals surface area (Å²) in [5.74, 6) is 0.646. The van der Waals surface area contributed by atoms with Gasteiger partial charge in [0.15, 0.2) is 0 Å². The Morgan fingerprint density at radius 3 is 2.72 bits per heavy atom. The van der Waals surface area contributed by atoms with Crippen molar-refractivity contribution < 1.29 is 14.3 Å². The van der Waals surface area contributed by atoms with E-state index < -0.39 is 0 Å². The Bertz CT molecular complexity index is 373. The maximum Gasteiger partial charge on any atom is 0.251 e. The van der Waals surface area contributed by atoms with Crippen molar-refractivity contribution in [1.82, 2.24) is 5.32 Å². The van der Waals surface area contributed by atoms with Crippen LogP contribution in [0.1, 0.15) is 16.8 Å². The van der Waals surface area contributed by atoms with Gasteiger partial charge in [0.2, 0.25) is 0 Å². The van der Waals surface area contributed by atoms with E-state index in [0.717, 1.165) is 12.2 Å². The zero-order valence-corrected chi connectivity index (χ0v) is 10.6. The van der Waals surface area contributed by atoms with Crippen molar-refractivity contribution in [3.05, 3.63) is 42.5 Å². The van der Waals surface area contributed by atoms with Gasteiger partial charge in [-0.1, -0.05) is 12.7 Å². The van der Waals surface area contributed by atoms with Gasteiger partial charge in [-0.2, -0.15) is 0 Å². The van der Waals surface area contributed by atoms with Crippen molar-refractivity contribution in [2.75, 3.05) is 26.9 Å². The molecule has 18 heavy (non-hydrogen) atoms. The summed E-state index contributed by atoms with van der Waals surface area (Å²) in [4.78, 5) is 11.7. The molecule has 0 spiro atoms. The summed E-state index contributed by atoms with van der Waals surface area (Å²) in [6.45, 7) is 5.29. The normalized spacial score (nSPS) is 9.83. The number of amides is 1. The summed E-state index contributed by atoms with van der Waals surface area (Å²) in [6.07, 6.45) is 2.49. The van der Waals surface area contributed by atoms with Crippen LogP contribution in [-0.4, -0.2) is 32.8 Å². The fraction of sp³-hybridized carbons (Fsp3) is 0.357. The highest BCUT2D eigenvalue weighted by molar-refractivity contribution is 5.94. The predicted molar refractivity (Wildman–Crippen MR) is 71.0 cm³/mol. The lowest BCUT2D eigenvalue weighted by Gasteiger charge is -2.06. The first-order valence-electron chi connectivity index (χ1n) is 5.89.